The number of carbonyl (C=O) groups is 1. The zero-order chi connectivity index (χ0) is 14.8. The zero-order valence-corrected chi connectivity index (χ0v) is 12.0. The minimum atomic E-state index is -0.102. The van der Waals surface area contributed by atoms with Crippen molar-refractivity contribution in [1.29, 1.82) is 0 Å². The molecule has 0 unspecified atom stereocenters. The number of hydrogen-bond donors (Lipinski definition) is 3. The molecule has 0 radical (unpaired) electrons. The lowest BCUT2D eigenvalue weighted by Crippen LogP contribution is -2.27. The average Bonchev–Trinajstić information content (AvgIpc) is 3.12. The Hall–Kier alpha value is -2.63. The Morgan fingerprint density at radius 2 is 2.24 bits per heavy atom. The lowest BCUT2D eigenvalue weighted by Gasteiger charge is -2.05. The topological polar surface area (TPSA) is 86.5 Å². The molecule has 0 spiro atoms. The molecule has 3 aromatic rings. The molecule has 3 rings (SSSR count). The van der Waals surface area contributed by atoms with Gasteiger partial charge in [0.1, 0.15) is 17.7 Å². The fraction of sp³-hybridized carbons (Fsp3) is 0.267. The third-order valence-corrected chi connectivity index (χ3v) is 3.23. The Balaban J connectivity index is 0.00000176. The third-order valence-electron chi connectivity index (χ3n) is 3.23. The second-order valence-electron chi connectivity index (χ2n) is 5.37. The molecular weight excluding hydrogens is 266 g/mol. The molecule has 3 N–H and O–H groups in total. The van der Waals surface area contributed by atoms with Crippen LogP contribution in [-0.2, 0) is 0 Å². The molecule has 0 fully saturated rings. The number of rotatable bonds is 4. The molecule has 0 saturated heterocycles. The van der Waals surface area contributed by atoms with Crippen LogP contribution < -0.4 is 5.32 Å². The summed E-state index contributed by atoms with van der Waals surface area (Å²) < 4.78 is 0. The van der Waals surface area contributed by atoms with Crippen LogP contribution in [0.15, 0.2) is 30.9 Å². The van der Waals surface area contributed by atoms with Gasteiger partial charge < -0.3 is 15.3 Å². The largest absolute Gasteiger partial charge is 0.357 e. The number of nitrogens with one attached hydrogen (secondary N) is 3. The second kappa shape index (κ2) is 5.40. The molecule has 0 aliphatic carbocycles. The van der Waals surface area contributed by atoms with Crippen molar-refractivity contribution in [3.05, 3.63) is 36.5 Å². The molecule has 6 nitrogen and oxygen atoms in total. The number of nitrogens with zero attached hydrogens (tertiary/aromatic N) is 2. The number of aromatic amines is 2. The van der Waals surface area contributed by atoms with Crippen molar-refractivity contribution in [2.75, 3.05) is 6.54 Å². The minimum absolute atomic E-state index is 0. The van der Waals surface area contributed by atoms with Crippen LogP contribution in [0.4, 0.5) is 0 Å². The summed E-state index contributed by atoms with van der Waals surface area (Å²) in [6.45, 7) is 4.77. The summed E-state index contributed by atoms with van der Waals surface area (Å²) in [6.07, 6.45) is 5.13. The predicted octanol–water partition coefficient (Wildman–Crippen LogP) is 2.58. The van der Waals surface area contributed by atoms with E-state index in [9.17, 15) is 4.79 Å². The van der Waals surface area contributed by atoms with Crippen molar-refractivity contribution in [2.24, 2.45) is 5.92 Å². The lowest BCUT2D eigenvalue weighted by atomic mass is 10.1. The van der Waals surface area contributed by atoms with Crippen LogP contribution in [0, 0.1) is 5.92 Å². The van der Waals surface area contributed by atoms with Gasteiger partial charge in [0.15, 0.2) is 0 Å². The number of aromatic nitrogens is 4. The van der Waals surface area contributed by atoms with Gasteiger partial charge in [0.05, 0.1) is 5.69 Å². The van der Waals surface area contributed by atoms with Crippen molar-refractivity contribution >= 4 is 16.9 Å². The van der Waals surface area contributed by atoms with Gasteiger partial charge in [-0.2, -0.15) is 0 Å². The molecule has 0 aromatic carbocycles. The van der Waals surface area contributed by atoms with E-state index in [1.165, 1.54) is 6.33 Å². The lowest BCUT2D eigenvalue weighted by molar-refractivity contribution is 0.0944. The van der Waals surface area contributed by atoms with E-state index >= 15 is 0 Å². The number of amides is 1. The summed E-state index contributed by atoms with van der Waals surface area (Å²) >= 11 is 0. The molecule has 1 amide bonds. The molecule has 0 bridgehead atoms. The highest BCUT2D eigenvalue weighted by Crippen LogP contribution is 2.25. The summed E-state index contributed by atoms with van der Waals surface area (Å²) in [5.74, 6) is 0.319. The van der Waals surface area contributed by atoms with Crippen molar-refractivity contribution in [3.63, 3.8) is 0 Å². The van der Waals surface area contributed by atoms with Gasteiger partial charge in [-0.25, -0.2) is 9.97 Å². The molecule has 0 aliphatic heterocycles. The Kier molecular flexibility index (Phi) is 3.43. The second-order valence-corrected chi connectivity index (χ2v) is 5.37. The van der Waals surface area contributed by atoms with Gasteiger partial charge in [0, 0.05) is 31.3 Å². The van der Waals surface area contributed by atoms with E-state index in [0.717, 1.165) is 22.3 Å². The fourth-order valence-corrected chi connectivity index (χ4v) is 2.16. The molecule has 6 heteroatoms. The molecule has 0 saturated carbocycles. The molecule has 0 aliphatic rings. The smallest absolute Gasteiger partial charge is 0.267 e. The van der Waals surface area contributed by atoms with Gasteiger partial charge in [-0.1, -0.05) is 13.8 Å². The van der Waals surface area contributed by atoms with Gasteiger partial charge in [0.25, 0.3) is 5.91 Å². The third kappa shape index (κ3) is 2.65. The molecule has 3 aromatic heterocycles. The van der Waals surface area contributed by atoms with E-state index in [2.05, 4.69) is 39.1 Å². The Bertz CT molecular complexity index is 777. The number of hydrogen-bond acceptors (Lipinski definition) is 3. The van der Waals surface area contributed by atoms with Crippen molar-refractivity contribution < 1.29 is 6.22 Å². The standard InChI is InChI=1S/C15H17N5O.H2/c1-9(2)6-18-15(21)12-5-10(7-17-12)13-11-3-4-16-14(11)20-8-19-13;/h3-5,7-9,17H,6H2,1-2H3,(H,18,21)(H,16,19,20);1H. The van der Waals surface area contributed by atoms with E-state index in [1.807, 2.05) is 18.3 Å². The first kappa shape index (κ1) is 13.4. The van der Waals surface area contributed by atoms with Gasteiger partial charge in [0.2, 0.25) is 0 Å². The molecular formula is C15H19N5O. The van der Waals surface area contributed by atoms with Crippen molar-refractivity contribution in [2.45, 2.75) is 13.8 Å². The quantitative estimate of drug-likeness (QED) is 0.688. The minimum Gasteiger partial charge on any atom is -0.357 e. The van der Waals surface area contributed by atoms with Gasteiger partial charge in [-0.05, 0) is 18.1 Å². The maximum Gasteiger partial charge on any atom is 0.267 e. The number of carbonyl (C=O) groups excluding carboxylic acids is 1. The average molecular weight is 285 g/mol. The first-order valence-electron chi connectivity index (χ1n) is 6.90. The van der Waals surface area contributed by atoms with Gasteiger partial charge in [-0.15, -0.1) is 0 Å². The maximum absolute atomic E-state index is 12.0. The zero-order valence-electron chi connectivity index (χ0n) is 12.0. The van der Waals surface area contributed by atoms with Crippen LogP contribution in [0.1, 0.15) is 25.8 Å². The van der Waals surface area contributed by atoms with Crippen LogP contribution in [0.5, 0.6) is 0 Å². The van der Waals surface area contributed by atoms with Crippen LogP contribution in [0.3, 0.4) is 0 Å². The summed E-state index contributed by atoms with van der Waals surface area (Å²) in [5, 5.41) is 3.82. The summed E-state index contributed by atoms with van der Waals surface area (Å²) in [5.41, 5.74) is 3.00. The Morgan fingerprint density at radius 3 is 3.05 bits per heavy atom. The van der Waals surface area contributed by atoms with E-state index in [-0.39, 0.29) is 7.33 Å². The van der Waals surface area contributed by atoms with E-state index in [0.29, 0.717) is 18.2 Å². The van der Waals surface area contributed by atoms with E-state index < -0.39 is 0 Å². The highest BCUT2D eigenvalue weighted by atomic mass is 16.1. The fourth-order valence-electron chi connectivity index (χ4n) is 2.16. The monoisotopic (exact) mass is 285 g/mol. The highest BCUT2D eigenvalue weighted by Gasteiger charge is 2.13. The number of fused-ring (bicyclic) bond motifs is 1. The highest BCUT2D eigenvalue weighted by molar-refractivity contribution is 5.96. The summed E-state index contributed by atoms with van der Waals surface area (Å²) in [4.78, 5) is 26.6. The van der Waals surface area contributed by atoms with Crippen LogP contribution >= 0.6 is 0 Å². The van der Waals surface area contributed by atoms with E-state index in [4.69, 9.17) is 0 Å². The van der Waals surface area contributed by atoms with Crippen LogP contribution in [0.2, 0.25) is 0 Å². The van der Waals surface area contributed by atoms with Gasteiger partial charge >= 0.3 is 0 Å². The van der Waals surface area contributed by atoms with Crippen molar-refractivity contribution in [3.8, 4) is 11.3 Å². The normalized spacial score (nSPS) is 11.2. The molecule has 0 atom stereocenters. The van der Waals surface area contributed by atoms with Crippen LogP contribution in [0.25, 0.3) is 22.3 Å². The summed E-state index contributed by atoms with van der Waals surface area (Å²) in [7, 11) is 0. The molecule has 110 valence electrons. The SMILES string of the molecule is CC(C)CNC(=O)c1cc(-c2ncnc3[nH]ccc23)c[nH]1.[HH]. The van der Waals surface area contributed by atoms with Crippen molar-refractivity contribution in [1.82, 2.24) is 25.3 Å². The first-order chi connectivity index (χ1) is 10.1. The maximum atomic E-state index is 12.0. The Labute approximate surface area is 123 Å². The molecule has 21 heavy (non-hydrogen) atoms. The summed E-state index contributed by atoms with van der Waals surface area (Å²) in [6, 6.07) is 3.74. The number of H-pyrrole nitrogens is 2. The Morgan fingerprint density at radius 1 is 1.38 bits per heavy atom. The predicted molar refractivity (Wildman–Crippen MR) is 83.0 cm³/mol. The van der Waals surface area contributed by atoms with E-state index in [1.54, 1.807) is 6.20 Å². The first-order valence-corrected chi connectivity index (χ1v) is 6.90. The van der Waals surface area contributed by atoms with Gasteiger partial charge in [-0.3, -0.25) is 4.79 Å². The molecule has 3 heterocycles. The van der Waals surface area contributed by atoms with Crippen LogP contribution in [-0.4, -0.2) is 32.4 Å².